The zero-order chi connectivity index (χ0) is 28.9. The Morgan fingerprint density at radius 1 is 1.12 bits per heavy atom. The standard InChI is InChI=1S/C29H26ClF3N6O2/c1-16(2)39-26-18(14-36-39)11-25-24(26)9-17(12-34-25)23-10-19(13-35-27(23)38-8-7-20(31)15-38)28(40)37-21-3-5-22(6-4-21)41-29(30,32)33/h3-6,9-10,12-14,16,20H,7-8,11,15H2,1-2H3,(H,37,40)/t20-/m1/s1. The monoisotopic (exact) mass is 582 g/mol. The predicted molar refractivity (Wildman–Crippen MR) is 149 cm³/mol. The Kier molecular flexibility index (Phi) is 6.85. The third-order valence-corrected chi connectivity index (χ3v) is 7.24. The molecular weight excluding hydrogens is 557 g/mol. The minimum Gasteiger partial charge on any atom is -0.420 e. The van der Waals surface area contributed by atoms with E-state index >= 15 is 0 Å². The fraction of sp³-hybridized carbons (Fsp3) is 0.310. The second-order valence-corrected chi connectivity index (χ2v) is 10.8. The smallest absolute Gasteiger partial charge is 0.420 e. The van der Waals surface area contributed by atoms with Crippen molar-refractivity contribution in [2.24, 2.45) is 0 Å². The molecule has 1 aliphatic heterocycles. The van der Waals surface area contributed by atoms with E-state index < -0.39 is 17.6 Å². The summed E-state index contributed by atoms with van der Waals surface area (Å²) >= 11 is 4.81. The molecule has 1 aliphatic carbocycles. The normalized spacial score (nSPS) is 16.2. The van der Waals surface area contributed by atoms with E-state index in [0.29, 0.717) is 36.5 Å². The minimum atomic E-state index is -3.84. The average molecular weight is 583 g/mol. The molecular formula is C29H26ClF3N6O2. The first-order valence-corrected chi connectivity index (χ1v) is 13.6. The lowest BCUT2D eigenvalue weighted by molar-refractivity contribution is -0.0964. The van der Waals surface area contributed by atoms with E-state index in [9.17, 15) is 18.0 Å². The Bertz CT molecular complexity index is 1620. The number of carbonyl (C=O) groups excluding carboxylic acids is 1. The number of benzene rings is 1. The van der Waals surface area contributed by atoms with Gasteiger partial charge in [-0.3, -0.25) is 14.5 Å². The van der Waals surface area contributed by atoms with Crippen LogP contribution >= 0.6 is 11.6 Å². The maximum absolute atomic E-state index is 14.2. The zero-order valence-corrected chi connectivity index (χ0v) is 23.0. The number of ether oxygens (including phenoxy) is 1. The van der Waals surface area contributed by atoms with Gasteiger partial charge in [-0.05, 0) is 56.7 Å². The van der Waals surface area contributed by atoms with Crippen molar-refractivity contribution in [1.82, 2.24) is 19.7 Å². The van der Waals surface area contributed by atoms with Gasteiger partial charge in [0.15, 0.2) is 0 Å². The second kappa shape index (κ2) is 10.4. The molecule has 2 aliphatic rings. The van der Waals surface area contributed by atoms with Gasteiger partial charge < -0.3 is 15.0 Å². The summed E-state index contributed by atoms with van der Waals surface area (Å²) in [7, 11) is 0. The third-order valence-electron chi connectivity index (χ3n) is 7.16. The molecule has 0 radical (unpaired) electrons. The Balaban J connectivity index is 1.34. The van der Waals surface area contributed by atoms with Gasteiger partial charge in [-0.15, -0.1) is 8.78 Å². The molecule has 8 nitrogen and oxygen atoms in total. The van der Waals surface area contributed by atoms with Gasteiger partial charge in [-0.2, -0.15) is 5.10 Å². The number of carbonyl (C=O) groups is 1. The van der Waals surface area contributed by atoms with E-state index in [1.54, 1.807) is 12.3 Å². The SMILES string of the molecule is CC(C)n1ncc2c1-c1cc(-c3cc(C(=O)Nc4ccc(OC(F)(F)Cl)cc4)cnc3N3CC[C@@H](F)C3)cnc1C2. The molecule has 4 heterocycles. The first-order chi connectivity index (χ1) is 19.6. The Labute approximate surface area is 239 Å². The number of pyridine rings is 2. The lowest BCUT2D eigenvalue weighted by Crippen LogP contribution is -2.22. The van der Waals surface area contributed by atoms with Crippen LogP contribution in [0.3, 0.4) is 0 Å². The number of hydrogen-bond acceptors (Lipinski definition) is 6. The first kappa shape index (κ1) is 27.1. The predicted octanol–water partition coefficient (Wildman–Crippen LogP) is 6.46. The average Bonchev–Trinajstić information content (AvgIpc) is 3.63. The molecule has 1 N–H and O–H groups in total. The van der Waals surface area contributed by atoms with Crippen LogP contribution in [-0.2, 0) is 6.42 Å². The molecule has 212 valence electrons. The van der Waals surface area contributed by atoms with E-state index in [0.717, 1.165) is 28.1 Å². The Morgan fingerprint density at radius 3 is 2.59 bits per heavy atom. The topological polar surface area (TPSA) is 85.2 Å². The van der Waals surface area contributed by atoms with Crippen molar-refractivity contribution in [2.75, 3.05) is 23.3 Å². The highest BCUT2D eigenvalue weighted by Crippen LogP contribution is 2.40. The van der Waals surface area contributed by atoms with E-state index in [2.05, 4.69) is 34.0 Å². The summed E-state index contributed by atoms with van der Waals surface area (Å²) in [6.45, 7) is 4.86. The van der Waals surface area contributed by atoms with Crippen molar-refractivity contribution in [2.45, 2.75) is 44.5 Å². The van der Waals surface area contributed by atoms with Crippen LogP contribution in [0, 0.1) is 0 Å². The quantitative estimate of drug-likeness (QED) is 0.222. The van der Waals surface area contributed by atoms with Crippen molar-refractivity contribution < 1.29 is 22.7 Å². The highest BCUT2D eigenvalue weighted by Gasteiger charge is 2.30. The lowest BCUT2D eigenvalue weighted by atomic mass is 10.0. The molecule has 1 saturated heterocycles. The molecule has 3 aromatic heterocycles. The van der Waals surface area contributed by atoms with Crippen LogP contribution in [0.25, 0.3) is 22.4 Å². The molecule has 6 rings (SSSR count). The second-order valence-electron chi connectivity index (χ2n) is 10.4. The van der Waals surface area contributed by atoms with Crippen LogP contribution in [0.1, 0.15) is 47.9 Å². The molecule has 0 saturated carbocycles. The molecule has 41 heavy (non-hydrogen) atoms. The van der Waals surface area contributed by atoms with Crippen LogP contribution in [0.2, 0.25) is 0 Å². The summed E-state index contributed by atoms with van der Waals surface area (Å²) in [6.07, 6.45) is 5.21. The number of fused-ring (bicyclic) bond motifs is 3. The van der Waals surface area contributed by atoms with Crippen molar-refractivity contribution in [3.63, 3.8) is 0 Å². The van der Waals surface area contributed by atoms with Crippen LogP contribution in [0.15, 0.2) is 55.0 Å². The summed E-state index contributed by atoms with van der Waals surface area (Å²) in [5, 5.41) is 7.29. The maximum atomic E-state index is 14.2. The largest absolute Gasteiger partial charge is 0.487 e. The summed E-state index contributed by atoms with van der Waals surface area (Å²) in [5.41, 5.74) is 2.24. The van der Waals surface area contributed by atoms with E-state index in [4.69, 9.17) is 16.6 Å². The highest BCUT2D eigenvalue weighted by atomic mass is 35.5. The number of halogens is 4. The van der Waals surface area contributed by atoms with Gasteiger partial charge >= 0.3 is 5.57 Å². The van der Waals surface area contributed by atoms with Crippen molar-refractivity contribution in [1.29, 1.82) is 0 Å². The number of amides is 1. The molecule has 1 fully saturated rings. The number of hydrogen-bond donors (Lipinski definition) is 1. The van der Waals surface area contributed by atoms with Crippen LogP contribution in [-0.4, -0.2) is 50.5 Å². The van der Waals surface area contributed by atoms with Gasteiger partial charge in [-0.1, -0.05) is 0 Å². The van der Waals surface area contributed by atoms with Crippen LogP contribution in [0.5, 0.6) is 5.75 Å². The molecule has 0 spiro atoms. The van der Waals surface area contributed by atoms with E-state index in [1.807, 2.05) is 21.8 Å². The third kappa shape index (κ3) is 5.46. The fourth-order valence-electron chi connectivity index (χ4n) is 5.28. The number of nitrogens with one attached hydrogen (secondary N) is 1. The summed E-state index contributed by atoms with van der Waals surface area (Å²) in [6, 6.07) is 9.29. The van der Waals surface area contributed by atoms with Crippen LogP contribution < -0.4 is 15.0 Å². The molecule has 0 bridgehead atoms. The number of nitrogens with zero attached hydrogens (tertiary/aromatic N) is 5. The van der Waals surface area contributed by atoms with E-state index in [-0.39, 0.29) is 23.9 Å². The molecule has 0 unspecified atom stereocenters. The lowest BCUT2D eigenvalue weighted by Gasteiger charge is -2.21. The van der Waals surface area contributed by atoms with Gasteiger partial charge in [0.05, 0.1) is 29.7 Å². The summed E-state index contributed by atoms with van der Waals surface area (Å²) < 4.78 is 46.3. The van der Waals surface area contributed by atoms with Gasteiger partial charge in [0.2, 0.25) is 0 Å². The van der Waals surface area contributed by atoms with Crippen molar-refractivity contribution >= 4 is 29.0 Å². The first-order valence-electron chi connectivity index (χ1n) is 13.2. The Morgan fingerprint density at radius 2 is 1.90 bits per heavy atom. The number of aromatic nitrogens is 4. The minimum absolute atomic E-state index is 0.154. The Hall–Kier alpha value is -4.12. The fourth-order valence-corrected chi connectivity index (χ4v) is 5.37. The van der Waals surface area contributed by atoms with Crippen molar-refractivity contribution in [3.8, 4) is 28.1 Å². The number of anilines is 2. The molecule has 12 heteroatoms. The molecule has 1 aromatic carbocycles. The van der Waals surface area contributed by atoms with E-state index in [1.165, 1.54) is 30.5 Å². The van der Waals surface area contributed by atoms with Gasteiger partial charge in [0, 0.05) is 70.9 Å². The van der Waals surface area contributed by atoms with Gasteiger partial charge in [0.25, 0.3) is 5.91 Å². The highest BCUT2D eigenvalue weighted by molar-refractivity contribution is 6.20. The molecule has 4 aromatic rings. The van der Waals surface area contributed by atoms with Gasteiger partial charge in [0.1, 0.15) is 17.7 Å². The van der Waals surface area contributed by atoms with Crippen LogP contribution in [0.4, 0.5) is 24.7 Å². The summed E-state index contributed by atoms with van der Waals surface area (Å²) in [4.78, 5) is 24.4. The van der Waals surface area contributed by atoms with Gasteiger partial charge in [-0.25, -0.2) is 9.37 Å². The molecule has 1 atom stereocenters. The number of alkyl halides is 4. The number of rotatable bonds is 7. The zero-order valence-electron chi connectivity index (χ0n) is 22.2. The van der Waals surface area contributed by atoms with Crippen molar-refractivity contribution in [3.05, 3.63) is 71.8 Å². The molecule has 1 amide bonds. The maximum Gasteiger partial charge on any atom is 0.487 e. The summed E-state index contributed by atoms with van der Waals surface area (Å²) in [5.74, 6) is -0.0394.